The lowest BCUT2D eigenvalue weighted by Crippen LogP contribution is -2.25. The van der Waals surface area contributed by atoms with E-state index in [1.165, 1.54) is 18.2 Å². The molecule has 0 spiro atoms. The van der Waals surface area contributed by atoms with E-state index in [0.29, 0.717) is 6.54 Å². The van der Waals surface area contributed by atoms with Gasteiger partial charge in [-0.25, -0.2) is 8.78 Å². The van der Waals surface area contributed by atoms with Crippen LogP contribution in [0.5, 0.6) is 0 Å². The number of nitrogens with one attached hydrogen (secondary N) is 1. The lowest BCUT2D eigenvalue weighted by Gasteiger charge is -2.21. The summed E-state index contributed by atoms with van der Waals surface area (Å²) in [5, 5.41) is 3.26. The maximum Gasteiger partial charge on any atom is 0.131 e. The summed E-state index contributed by atoms with van der Waals surface area (Å²) < 4.78 is 28.3. The predicted molar refractivity (Wildman–Crippen MR) is 82.4 cm³/mol. The first-order chi connectivity index (χ1) is 10.0. The monoisotopic (exact) mass is 289 g/mol. The van der Waals surface area contributed by atoms with Crippen molar-refractivity contribution in [2.45, 2.75) is 33.2 Å². The molecule has 21 heavy (non-hydrogen) atoms. The Morgan fingerprint density at radius 1 is 1.00 bits per heavy atom. The predicted octanol–water partition coefficient (Wildman–Crippen LogP) is 4.67. The van der Waals surface area contributed by atoms with Gasteiger partial charge >= 0.3 is 0 Å². The van der Waals surface area contributed by atoms with Crippen molar-refractivity contribution in [2.75, 3.05) is 6.54 Å². The van der Waals surface area contributed by atoms with Crippen molar-refractivity contribution in [3.63, 3.8) is 0 Å². The molecule has 3 heteroatoms. The highest BCUT2D eigenvalue weighted by Crippen LogP contribution is 2.28. The molecule has 112 valence electrons. The Morgan fingerprint density at radius 2 is 1.57 bits per heavy atom. The minimum atomic E-state index is -0.511. The Bertz CT molecular complexity index is 582. The average Bonchev–Trinajstić information content (AvgIpc) is 2.41. The molecule has 0 bridgehead atoms. The van der Waals surface area contributed by atoms with Gasteiger partial charge in [-0.05, 0) is 44.5 Å². The second-order valence-corrected chi connectivity index (χ2v) is 5.44. The molecule has 1 N–H and O–H groups in total. The molecular formula is C18H21F2N. The van der Waals surface area contributed by atoms with Crippen molar-refractivity contribution >= 4 is 0 Å². The molecule has 0 fully saturated rings. The Kier molecular flexibility index (Phi) is 5.07. The normalized spacial score (nSPS) is 12.4. The molecule has 0 saturated carbocycles. The zero-order valence-electron chi connectivity index (χ0n) is 12.7. The Hall–Kier alpha value is -1.74. The third-order valence-corrected chi connectivity index (χ3v) is 3.46. The summed E-state index contributed by atoms with van der Waals surface area (Å²) in [5.41, 5.74) is 3.16. The van der Waals surface area contributed by atoms with Gasteiger partial charge in [0.2, 0.25) is 0 Å². The fraction of sp³-hybridized carbons (Fsp3) is 0.333. The Labute approximate surface area is 125 Å². The van der Waals surface area contributed by atoms with Gasteiger partial charge in [0.25, 0.3) is 0 Å². The number of aryl methyl sites for hydroxylation is 2. The maximum absolute atomic E-state index is 14.1. The van der Waals surface area contributed by atoms with Crippen LogP contribution in [0.3, 0.4) is 0 Å². The molecule has 0 heterocycles. The fourth-order valence-corrected chi connectivity index (χ4v) is 2.64. The van der Waals surface area contributed by atoms with Crippen LogP contribution in [0.1, 0.15) is 41.6 Å². The van der Waals surface area contributed by atoms with E-state index < -0.39 is 17.7 Å². The van der Waals surface area contributed by atoms with Crippen LogP contribution < -0.4 is 5.32 Å². The van der Waals surface area contributed by atoms with Crippen LogP contribution in [0.2, 0.25) is 0 Å². The molecule has 0 aliphatic heterocycles. The summed E-state index contributed by atoms with van der Waals surface area (Å²) >= 11 is 0. The minimum absolute atomic E-state index is 0.0935. The van der Waals surface area contributed by atoms with E-state index in [-0.39, 0.29) is 5.56 Å². The zero-order chi connectivity index (χ0) is 15.4. The number of benzene rings is 2. The number of halogens is 2. The smallest absolute Gasteiger partial charge is 0.131 e. The van der Waals surface area contributed by atoms with Crippen LogP contribution in [0.4, 0.5) is 8.78 Å². The van der Waals surface area contributed by atoms with Gasteiger partial charge < -0.3 is 5.32 Å². The summed E-state index contributed by atoms with van der Waals surface area (Å²) in [6.45, 7) is 6.71. The topological polar surface area (TPSA) is 12.0 Å². The largest absolute Gasteiger partial charge is 0.306 e. The van der Waals surface area contributed by atoms with Gasteiger partial charge in [0.05, 0.1) is 6.04 Å². The van der Waals surface area contributed by atoms with Crippen LogP contribution in [-0.4, -0.2) is 6.54 Å². The van der Waals surface area contributed by atoms with Crippen molar-refractivity contribution in [3.05, 3.63) is 70.3 Å². The quantitative estimate of drug-likeness (QED) is 0.843. The first kappa shape index (κ1) is 15.6. The van der Waals surface area contributed by atoms with Gasteiger partial charge in [-0.15, -0.1) is 0 Å². The lowest BCUT2D eigenvalue weighted by atomic mass is 9.94. The zero-order valence-corrected chi connectivity index (χ0v) is 12.7. The van der Waals surface area contributed by atoms with Crippen LogP contribution in [0.15, 0.2) is 36.4 Å². The molecule has 0 aromatic heterocycles. The molecule has 2 aromatic rings. The van der Waals surface area contributed by atoms with Crippen LogP contribution >= 0.6 is 0 Å². The van der Waals surface area contributed by atoms with Crippen molar-refractivity contribution in [1.82, 2.24) is 5.32 Å². The molecule has 0 radical (unpaired) electrons. The molecule has 0 aliphatic rings. The van der Waals surface area contributed by atoms with E-state index in [1.54, 1.807) is 0 Å². The summed E-state index contributed by atoms with van der Waals surface area (Å²) in [6, 6.07) is 9.55. The summed E-state index contributed by atoms with van der Waals surface area (Å²) in [6.07, 6.45) is 0.900. The Balaban J connectivity index is 2.52. The van der Waals surface area contributed by atoms with Gasteiger partial charge in [-0.3, -0.25) is 0 Å². The van der Waals surface area contributed by atoms with Crippen LogP contribution in [-0.2, 0) is 0 Å². The van der Waals surface area contributed by atoms with Crippen LogP contribution in [0, 0.1) is 25.5 Å². The van der Waals surface area contributed by atoms with E-state index in [4.69, 9.17) is 0 Å². The van der Waals surface area contributed by atoms with E-state index in [9.17, 15) is 8.78 Å². The molecule has 1 unspecified atom stereocenters. The Morgan fingerprint density at radius 3 is 2.10 bits per heavy atom. The first-order valence-electron chi connectivity index (χ1n) is 7.28. The third-order valence-electron chi connectivity index (χ3n) is 3.46. The van der Waals surface area contributed by atoms with Gasteiger partial charge in [0, 0.05) is 5.56 Å². The second-order valence-electron chi connectivity index (χ2n) is 5.44. The molecule has 1 atom stereocenters. The summed E-state index contributed by atoms with van der Waals surface area (Å²) in [7, 11) is 0. The van der Waals surface area contributed by atoms with Gasteiger partial charge in [-0.2, -0.15) is 0 Å². The molecule has 1 nitrogen and oxygen atoms in total. The van der Waals surface area contributed by atoms with Crippen molar-refractivity contribution in [1.29, 1.82) is 0 Å². The summed E-state index contributed by atoms with van der Waals surface area (Å²) in [4.78, 5) is 0. The highest BCUT2D eigenvalue weighted by Gasteiger charge is 2.21. The summed E-state index contributed by atoms with van der Waals surface area (Å²) in [5.74, 6) is -1.02. The maximum atomic E-state index is 14.1. The fourth-order valence-electron chi connectivity index (χ4n) is 2.64. The van der Waals surface area contributed by atoms with Gasteiger partial charge in [0.1, 0.15) is 11.6 Å². The first-order valence-corrected chi connectivity index (χ1v) is 7.28. The molecule has 0 aliphatic carbocycles. The van der Waals surface area contributed by atoms with Crippen molar-refractivity contribution < 1.29 is 8.78 Å². The number of hydrogen-bond donors (Lipinski definition) is 1. The minimum Gasteiger partial charge on any atom is -0.306 e. The van der Waals surface area contributed by atoms with Crippen LogP contribution in [0.25, 0.3) is 0 Å². The molecule has 0 amide bonds. The second kappa shape index (κ2) is 6.81. The SMILES string of the molecule is CCCNC(c1cc(C)cc(C)c1)c1c(F)cccc1F. The van der Waals surface area contributed by atoms with Gasteiger partial charge in [-0.1, -0.05) is 42.3 Å². The number of rotatable bonds is 5. The van der Waals surface area contributed by atoms with Crippen molar-refractivity contribution in [2.24, 2.45) is 0 Å². The highest BCUT2D eigenvalue weighted by molar-refractivity contribution is 5.38. The average molecular weight is 289 g/mol. The van der Waals surface area contributed by atoms with E-state index in [1.807, 2.05) is 32.9 Å². The third kappa shape index (κ3) is 3.67. The lowest BCUT2D eigenvalue weighted by molar-refractivity contribution is 0.503. The van der Waals surface area contributed by atoms with E-state index >= 15 is 0 Å². The molecule has 0 saturated heterocycles. The molecule has 2 aromatic carbocycles. The van der Waals surface area contributed by atoms with Gasteiger partial charge in [0.15, 0.2) is 0 Å². The van der Waals surface area contributed by atoms with Crippen molar-refractivity contribution in [3.8, 4) is 0 Å². The molecule has 2 rings (SSSR count). The standard InChI is InChI=1S/C18H21F2N/c1-4-8-21-18(14-10-12(2)9-13(3)11-14)17-15(19)6-5-7-16(17)20/h5-7,9-11,18,21H,4,8H2,1-3H3. The van der Waals surface area contributed by atoms with E-state index in [0.717, 1.165) is 23.1 Å². The number of hydrogen-bond acceptors (Lipinski definition) is 1. The highest BCUT2D eigenvalue weighted by atomic mass is 19.1. The molecular weight excluding hydrogens is 268 g/mol. The van der Waals surface area contributed by atoms with E-state index in [2.05, 4.69) is 11.4 Å².